The first-order valence-corrected chi connectivity index (χ1v) is 8.54. The highest BCUT2D eigenvalue weighted by atomic mass is 16.7. The van der Waals surface area contributed by atoms with Gasteiger partial charge in [0, 0.05) is 11.6 Å². The average molecular weight is 382 g/mol. The van der Waals surface area contributed by atoms with Crippen molar-refractivity contribution in [1.82, 2.24) is 10.5 Å². The summed E-state index contributed by atoms with van der Waals surface area (Å²) in [6.07, 6.45) is 0. The molecule has 8 heteroatoms. The van der Waals surface area contributed by atoms with Crippen LogP contribution in [0.5, 0.6) is 23.0 Å². The van der Waals surface area contributed by atoms with Crippen molar-refractivity contribution < 1.29 is 28.3 Å². The molecule has 28 heavy (non-hydrogen) atoms. The lowest BCUT2D eigenvalue weighted by molar-refractivity contribution is 0.0946. The average Bonchev–Trinajstić information content (AvgIpc) is 3.39. The summed E-state index contributed by atoms with van der Waals surface area (Å²) in [5.41, 5.74) is 1.77. The van der Waals surface area contributed by atoms with Crippen molar-refractivity contribution in [3.8, 4) is 34.3 Å². The van der Waals surface area contributed by atoms with Crippen LogP contribution in [0.2, 0.25) is 0 Å². The van der Waals surface area contributed by atoms with Crippen molar-refractivity contribution in [2.24, 2.45) is 0 Å². The first-order chi connectivity index (χ1) is 13.7. The van der Waals surface area contributed by atoms with E-state index in [9.17, 15) is 4.79 Å². The van der Waals surface area contributed by atoms with E-state index in [0.717, 1.165) is 5.56 Å². The lowest BCUT2D eigenvalue weighted by atomic mass is 10.1. The Morgan fingerprint density at radius 1 is 1.11 bits per heavy atom. The number of para-hydroxylation sites is 1. The molecule has 0 atom stereocenters. The van der Waals surface area contributed by atoms with Gasteiger partial charge in [0.25, 0.3) is 5.91 Å². The number of amides is 1. The minimum atomic E-state index is -0.302. The summed E-state index contributed by atoms with van der Waals surface area (Å²) >= 11 is 0. The number of methoxy groups -OCH3 is 2. The van der Waals surface area contributed by atoms with Gasteiger partial charge in [0.15, 0.2) is 28.8 Å². The number of fused-ring (bicyclic) bond motifs is 1. The van der Waals surface area contributed by atoms with Crippen LogP contribution < -0.4 is 24.3 Å². The summed E-state index contributed by atoms with van der Waals surface area (Å²) < 4.78 is 26.6. The summed E-state index contributed by atoms with van der Waals surface area (Å²) in [6, 6.07) is 12.4. The molecule has 0 aliphatic carbocycles. The third-order valence-electron chi connectivity index (χ3n) is 4.29. The summed E-state index contributed by atoms with van der Waals surface area (Å²) in [5.74, 6) is 2.49. The molecule has 0 radical (unpaired) electrons. The van der Waals surface area contributed by atoms with E-state index < -0.39 is 0 Å². The van der Waals surface area contributed by atoms with Crippen LogP contribution in [0.3, 0.4) is 0 Å². The molecule has 8 nitrogen and oxygen atoms in total. The molecule has 1 aromatic heterocycles. The van der Waals surface area contributed by atoms with Gasteiger partial charge in [0.05, 0.1) is 26.3 Å². The van der Waals surface area contributed by atoms with Crippen LogP contribution in [0.25, 0.3) is 11.3 Å². The highest BCUT2D eigenvalue weighted by Gasteiger charge is 2.18. The fraction of sp³-hybridized carbons (Fsp3) is 0.200. The zero-order chi connectivity index (χ0) is 19.5. The molecule has 1 aliphatic rings. The monoisotopic (exact) mass is 382 g/mol. The van der Waals surface area contributed by atoms with Crippen molar-refractivity contribution in [2.45, 2.75) is 6.54 Å². The zero-order valence-corrected chi connectivity index (χ0v) is 15.4. The Labute approximate surface area is 160 Å². The van der Waals surface area contributed by atoms with Crippen LogP contribution in [-0.4, -0.2) is 32.1 Å². The Morgan fingerprint density at radius 2 is 1.96 bits per heavy atom. The number of rotatable bonds is 6. The second-order valence-corrected chi connectivity index (χ2v) is 5.97. The van der Waals surface area contributed by atoms with Crippen molar-refractivity contribution in [1.29, 1.82) is 0 Å². The van der Waals surface area contributed by atoms with Crippen LogP contribution in [-0.2, 0) is 6.54 Å². The Balaban J connectivity index is 1.46. The third-order valence-corrected chi connectivity index (χ3v) is 4.29. The molecule has 0 fully saturated rings. The van der Waals surface area contributed by atoms with Gasteiger partial charge >= 0.3 is 0 Å². The minimum absolute atomic E-state index is 0.202. The number of hydrogen-bond donors (Lipinski definition) is 1. The van der Waals surface area contributed by atoms with E-state index in [2.05, 4.69) is 10.5 Å². The van der Waals surface area contributed by atoms with E-state index in [-0.39, 0.29) is 19.2 Å². The molecule has 1 aliphatic heterocycles. The van der Waals surface area contributed by atoms with Crippen molar-refractivity contribution in [3.63, 3.8) is 0 Å². The number of carbonyl (C=O) groups excluding carboxylic acids is 1. The quantitative estimate of drug-likeness (QED) is 0.700. The van der Waals surface area contributed by atoms with Gasteiger partial charge in [-0.05, 0) is 30.3 Å². The molecule has 0 saturated carbocycles. The minimum Gasteiger partial charge on any atom is -0.493 e. The fourth-order valence-electron chi connectivity index (χ4n) is 2.91. The van der Waals surface area contributed by atoms with Gasteiger partial charge in [-0.25, -0.2) is 0 Å². The number of aromatic nitrogens is 1. The van der Waals surface area contributed by atoms with Gasteiger partial charge in [0.2, 0.25) is 6.79 Å². The van der Waals surface area contributed by atoms with Crippen LogP contribution in [0.1, 0.15) is 16.1 Å². The Hall–Kier alpha value is -3.68. The predicted octanol–water partition coefficient (Wildman–Crippen LogP) is 3.02. The number of carbonyl (C=O) groups is 1. The van der Waals surface area contributed by atoms with Crippen molar-refractivity contribution in [2.75, 3.05) is 21.0 Å². The van der Waals surface area contributed by atoms with E-state index in [1.807, 2.05) is 18.2 Å². The topological polar surface area (TPSA) is 92.1 Å². The summed E-state index contributed by atoms with van der Waals surface area (Å²) in [7, 11) is 3.01. The fourth-order valence-corrected chi connectivity index (χ4v) is 2.91. The Morgan fingerprint density at radius 3 is 2.79 bits per heavy atom. The summed E-state index contributed by atoms with van der Waals surface area (Å²) in [4.78, 5) is 12.5. The molecule has 0 spiro atoms. The lowest BCUT2D eigenvalue weighted by Crippen LogP contribution is -2.23. The molecule has 1 N–H and O–H groups in total. The van der Waals surface area contributed by atoms with Gasteiger partial charge in [-0.1, -0.05) is 11.2 Å². The summed E-state index contributed by atoms with van der Waals surface area (Å²) in [5, 5.41) is 6.82. The smallest absolute Gasteiger partial charge is 0.255 e. The van der Waals surface area contributed by atoms with Gasteiger partial charge in [-0.15, -0.1) is 0 Å². The van der Waals surface area contributed by atoms with E-state index >= 15 is 0 Å². The molecule has 3 aromatic rings. The normalized spacial score (nSPS) is 11.9. The van der Waals surface area contributed by atoms with E-state index in [1.165, 1.54) is 14.2 Å². The number of nitrogens with zero attached hydrogens (tertiary/aromatic N) is 1. The molecule has 0 bridgehead atoms. The van der Waals surface area contributed by atoms with Gasteiger partial charge in [-0.3, -0.25) is 4.79 Å². The second-order valence-electron chi connectivity index (χ2n) is 5.97. The van der Waals surface area contributed by atoms with Crippen LogP contribution in [0.15, 0.2) is 47.0 Å². The van der Waals surface area contributed by atoms with Crippen LogP contribution in [0.4, 0.5) is 0 Å². The van der Waals surface area contributed by atoms with Gasteiger partial charge < -0.3 is 28.8 Å². The lowest BCUT2D eigenvalue weighted by Gasteiger charge is -2.12. The number of hydrogen-bond acceptors (Lipinski definition) is 7. The highest BCUT2D eigenvalue weighted by molar-refractivity contribution is 5.97. The molecular formula is C20H18N2O6. The molecule has 144 valence electrons. The van der Waals surface area contributed by atoms with Crippen molar-refractivity contribution in [3.05, 3.63) is 53.7 Å². The highest BCUT2D eigenvalue weighted by Crippen LogP contribution is 2.36. The van der Waals surface area contributed by atoms with Crippen LogP contribution >= 0.6 is 0 Å². The second kappa shape index (κ2) is 7.51. The van der Waals surface area contributed by atoms with E-state index in [0.29, 0.717) is 40.0 Å². The van der Waals surface area contributed by atoms with Gasteiger partial charge in [-0.2, -0.15) is 0 Å². The first-order valence-electron chi connectivity index (χ1n) is 8.54. The van der Waals surface area contributed by atoms with E-state index in [1.54, 1.807) is 24.3 Å². The molecular weight excluding hydrogens is 364 g/mol. The van der Waals surface area contributed by atoms with Crippen molar-refractivity contribution >= 4 is 5.91 Å². The number of ether oxygens (including phenoxy) is 4. The SMILES string of the molecule is COc1cccc(C(=O)NCc2cc(-c3ccc4c(c3)OCO4)on2)c1OC. The Kier molecular flexibility index (Phi) is 4.76. The molecule has 0 saturated heterocycles. The maximum Gasteiger partial charge on any atom is 0.255 e. The standard InChI is InChI=1S/C20H18N2O6/c1-24-16-5-3-4-14(19(16)25-2)20(23)21-10-13-9-17(28-22-13)12-6-7-15-18(8-12)27-11-26-15/h3-9H,10-11H2,1-2H3,(H,21,23). The number of benzene rings is 2. The molecule has 2 heterocycles. The van der Waals surface area contributed by atoms with Crippen LogP contribution in [0, 0.1) is 0 Å². The number of nitrogens with one attached hydrogen (secondary N) is 1. The van der Waals surface area contributed by atoms with Gasteiger partial charge in [0.1, 0.15) is 5.69 Å². The predicted molar refractivity (Wildman–Crippen MR) is 98.8 cm³/mol. The Bertz CT molecular complexity index is 1010. The molecule has 0 unspecified atom stereocenters. The largest absolute Gasteiger partial charge is 0.493 e. The summed E-state index contributed by atoms with van der Waals surface area (Å²) in [6.45, 7) is 0.410. The maximum atomic E-state index is 12.5. The maximum absolute atomic E-state index is 12.5. The first kappa shape index (κ1) is 17.7. The zero-order valence-electron chi connectivity index (χ0n) is 15.4. The third kappa shape index (κ3) is 3.32. The molecule has 2 aromatic carbocycles. The molecule has 4 rings (SSSR count). The van der Waals surface area contributed by atoms with E-state index in [4.69, 9.17) is 23.5 Å². The molecule has 1 amide bonds.